The molecule has 0 fully saturated rings. The maximum atomic E-state index is 13.3. The van der Waals surface area contributed by atoms with Crippen LogP contribution < -0.4 is 15.4 Å². The zero-order valence-corrected chi connectivity index (χ0v) is 20.1. The van der Waals surface area contributed by atoms with Gasteiger partial charge in [0, 0.05) is 11.1 Å². The lowest BCUT2D eigenvalue weighted by molar-refractivity contribution is -0.115. The van der Waals surface area contributed by atoms with Crippen molar-refractivity contribution in [3.05, 3.63) is 125 Å². The summed E-state index contributed by atoms with van der Waals surface area (Å²) in [5, 5.41) is 5.68. The number of anilines is 2. The van der Waals surface area contributed by atoms with Gasteiger partial charge in [0.15, 0.2) is 5.78 Å². The minimum Gasteiger partial charge on any atom is -0.497 e. The molecule has 2 amide bonds. The van der Waals surface area contributed by atoms with Crippen LogP contribution in [0.2, 0.25) is 0 Å². The van der Waals surface area contributed by atoms with Crippen molar-refractivity contribution >= 4 is 29.0 Å². The van der Waals surface area contributed by atoms with Crippen molar-refractivity contribution in [3.8, 4) is 5.75 Å². The zero-order valence-electron chi connectivity index (χ0n) is 20.1. The Kier molecular flexibility index (Phi) is 7.56. The molecule has 36 heavy (non-hydrogen) atoms. The van der Waals surface area contributed by atoms with Gasteiger partial charge in [-0.15, -0.1) is 0 Å². The molecule has 0 radical (unpaired) electrons. The van der Waals surface area contributed by atoms with Crippen LogP contribution >= 0.6 is 0 Å². The van der Waals surface area contributed by atoms with Crippen LogP contribution in [0.15, 0.2) is 97.1 Å². The molecule has 0 saturated heterocycles. The van der Waals surface area contributed by atoms with E-state index in [1.54, 1.807) is 79.9 Å². The Balaban J connectivity index is 1.53. The second kappa shape index (κ2) is 11.1. The minimum atomic E-state index is -0.429. The molecule has 0 aliphatic carbocycles. The van der Waals surface area contributed by atoms with Crippen molar-refractivity contribution in [1.29, 1.82) is 0 Å². The summed E-state index contributed by atoms with van der Waals surface area (Å²) in [5.41, 5.74) is 3.73. The fourth-order valence-corrected chi connectivity index (χ4v) is 3.80. The Morgan fingerprint density at radius 2 is 1.39 bits per heavy atom. The van der Waals surface area contributed by atoms with E-state index in [9.17, 15) is 14.4 Å². The average Bonchev–Trinajstić information content (AvgIpc) is 2.90. The molecule has 180 valence electrons. The Morgan fingerprint density at radius 1 is 0.722 bits per heavy atom. The van der Waals surface area contributed by atoms with Crippen LogP contribution in [0, 0.1) is 6.92 Å². The number of para-hydroxylation sites is 1. The number of amides is 2. The standard InChI is InChI=1S/C30H26N2O4/c1-20-12-17-27(25(18-20)29(34)22-8-4-3-5-9-22)32-30(35)24-10-6-7-11-26(24)31-28(33)19-21-13-15-23(36-2)16-14-21/h3-18H,19H2,1-2H3,(H,31,33)(H,32,35). The third-order valence-corrected chi connectivity index (χ3v) is 5.67. The highest BCUT2D eigenvalue weighted by atomic mass is 16.5. The average molecular weight is 479 g/mol. The van der Waals surface area contributed by atoms with Gasteiger partial charge in [-0.2, -0.15) is 0 Å². The fourth-order valence-electron chi connectivity index (χ4n) is 3.80. The lowest BCUT2D eigenvalue weighted by atomic mass is 9.99. The Bertz CT molecular complexity index is 1400. The van der Waals surface area contributed by atoms with Crippen molar-refractivity contribution in [2.75, 3.05) is 17.7 Å². The van der Waals surface area contributed by atoms with Crippen LogP contribution in [-0.4, -0.2) is 24.7 Å². The van der Waals surface area contributed by atoms with Gasteiger partial charge in [-0.1, -0.05) is 66.2 Å². The van der Waals surface area contributed by atoms with Crippen LogP contribution in [0.1, 0.15) is 37.4 Å². The van der Waals surface area contributed by atoms with Gasteiger partial charge in [0.1, 0.15) is 5.75 Å². The molecule has 0 aliphatic heterocycles. The van der Waals surface area contributed by atoms with Crippen LogP contribution in [0.5, 0.6) is 5.75 Å². The van der Waals surface area contributed by atoms with E-state index in [1.165, 1.54) is 0 Å². The highest BCUT2D eigenvalue weighted by Gasteiger charge is 2.18. The molecule has 6 heteroatoms. The third-order valence-electron chi connectivity index (χ3n) is 5.67. The summed E-state index contributed by atoms with van der Waals surface area (Å²) in [7, 11) is 1.58. The van der Waals surface area contributed by atoms with Gasteiger partial charge in [-0.3, -0.25) is 14.4 Å². The number of hydrogen-bond acceptors (Lipinski definition) is 4. The Hall–Kier alpha value is -4.71. The summed E-state index contributed by atoms with van der Waals surface area (Å²) in [5.74, 6) is -0.157. The molecule has 0 bridgehead atoms. The number of carbonyl (C=O) groups excluding carboxylic acids is 3. The third kappa shape index (κ3) is 5.85. The van der Waals surface area contributed by atoms with Crippen molar-refractivity contribution in [1.82, 2.24) is 0 Å². The first kappa shape index (κ1) is 24.4. The molecule has 0 heterocycles. The summed E-state index contributed by atoms with van der Waals surface area (Å²) in [6.45, 7) is 1.89. The number of methoxy groups -OCH3 is 1. The van der Waals surface area contributed by atoms with Crippen LogP contribution in [0.4, 0.5) is 11.4 Å². The van der Waals surface area contributed by atoms with E-state index in [4.69, 9.17) is 4.74 Å². The number of rotatable bonds is 8. The van der Waals surface area contributed by atoms with E-state index in [1.807, 2.05) is 31.2 Å². The molecule has 0 unspecified atom stereocenters. The largest absolute Gasteiger partial charge is 0.497 e. The number of ketones is 1. The first-order valence-corrected chi connectivity index (χ1v) is 11.5. The van der Waals surface area contributed by atoms with E-state index >= 15 is 0 Å². The maximum absolute atomic E-state index is 13.3. The smallest absolute Gasteiger partial charge is 0.257 e. The number of carbonyl (C=O) groups is 3. The summed E-state index contributed by atoms with van der Waals surface area (Å²) >= 11 is 0. The highest BCUT2D eigenvalue weighted by molar-refractivity contribution is 6.16. The topological polar surface area (TPSA) is 84.5 Å². The zero-order chi connectivity index (χ0) is 25.5. The first-order chi connectivity index (χ1) is 17.4. The summed E-state index contributed by atoms with van der Waals surface area (Å²) in [4.78, 5) is 39.1. The Morgan fingerprint density at radius 3 is 2.11 bits per heavy atom. The fraction of sp³-hybridized carbons (Fsp3) is 0.100. The molecular weight excluding hydrogens is 452 g/mol. The van der Waals surface area contributed by atoms with Crippen LogP contribution in [0.25, 0.3) is 0 Å². The summed E-state index contributed by atoms with van der Waals surface area (Å²) in [6, 6.07) is 28.2. The van der Waals surface area contributed by atoms with Crippen molar-refractivity contribution in [3.63, 3.8) is 0 Å². The molecule has 6 nitrogen and oxygen atoms in total. The first-order valence-electron chi connectivity index (χ1n) is 11.5. The SMILES string of the molecule is COc1ccc(CC(=O)Nc2ccccc2C(=O)Nc2ccc(C)cc2C(=O)c2ccccc2)cc1. The number of benzene rings is 4. The molecule has 0 saturated carbocycles. The van der Waals surface area contributed by atoms with E-state index < -0.39 is 5.91 Å². The lowest BCUT2D eigenvalue weighted by Gasteiger charge is -2.14. The molecule has 0 atom stereocenters. The Labute approximate surface area is 209 Å². The van der Waals surface area contributed by atoms with Crippen LogP contribution in [-0.2, 0) is 11.2 Å². The van der Waals surface area contributed by atoms with E-state index in [0.29, 0.717) is 33.8 Å². The van der Waals surface area contributed by atoms with Crippen LogP contribution in [0.3, 0.4) is 0 Å². The second-order valence-corrected chi connectivity index (χ2v) is 8.32. The van der Waals surface area contributed by atoms with Crippen molar-refractivity contribution in [2.45, 2.75) is 13.3 Å². The molecule has 4 aromatic rings. The normalized spacial score (nSPS) is 10.4. The van der Waals surface area contributed by atoms with Gasteiger partial charge in [0.05, 0.1) is 30.5 Å². The number of nitrogens with one attached hydrogen (secondary N) is 2. The molecule has 4 aromatic carbocycles. The van der Waals surface area contributed by atoms with E-state index in [-0.39, 0.29) is 18.1 Å². The second-order valence-electron chi connectivity index (χ2n) is 8.32. The highest BCUT2D eigenvalue weighted by Crippen LogP contribution is 2.24. The number of aryl methyl sites for hydroxylation is 1. The molecule has 0 aliphatic rings. The quantitative estimate of drug-likeness (QED) is 0.320. The molecular formula is C30H26N2O4. The van der Waals surface area contributed by atoms with E-state index in [0.717, 1.165) is 11.1 Å². The van der Waals surface area contributed by atoms with E-state index in [2.05, 4.69) is 10.6 Å². The predicted molar refractivity (Wildman–Crippen MR) is 141 cm³/mol. The molecule has 2 N–H and O–H groups in total. The van der Waals surface area contributed by atoms with Crippen molar-refractivity contribution in [2.24, 2.45) is 0 Å². The summed E-state index contributed by atoms with van der Waals surface area (Å²) < 4.78 is 5.15. The molecule has 4 rings (SSSR count). The number of hydrogen-bond donors (Lipinski definition) is 2. The van der Waals surface area contributed by atoms with Gasteiger partial charge in [-0.25, -0.2) is 0 Å². The monoisotopic (exact) mass is 478 g/mol. The maximum Gasteiger partial charge on any atom is 0.257 e. The van der Waals surface area contributed by atoms with Gasteiger partial charge in [-0.05, 0) is 48.9 Å². The molecule has 0 aromatic heterocycles. The predicted octanol–water partition coefficient (Wildman–Crippen LogP) is 5.67. The van der Waals surface area contributed by atoms with Gasteiger partial charge in [0.2, 0.25) is 5.91 Å². The lowest BCUT2D eigenvalue weighted by Crippen LogP contribution is -2.20. The molecule has 0 spiro atoms. The van der Waals surface area contributed by atoms with Gasteiger partial charge in [0.25, 0.3) is 5.91 Å². The number of ether oxygens (including phenoxy) is 1. The van der Waals surface area contributed by atoms with Crippen molar-refractivity contribution < 1.29 is 19.1 Å². The minimum absolute atomic E-state index is 0.146. The van der Waals surface area contributed by atoms with Gasteiger partial charge < -0.3 is 15.4 Å². The summed E-state index contributed by atoms with van der Waals surface area (Å²) in [6.07, 6.45) is 0.146. The van der Waals surface area contributed by atoms with Gasteiger partial charge >= 0.3 is 0 Å².